The van der Waals surface area contributed by atoms with Crippen molar-refractivity contribution in [3.63, 3.8) is 0 Å². The number of thiophene rings is 1. The number of hydrogen-bond donors (Lipinski definition) is 1. The Kier molecular flexibility index (Phi) is 4.93. The van der Waals surface area contributed by atoms with Crippen LogP contribution < -0.4 is 5.32 Å². The monoisotopic (exact) mass is 231 g/mol. The molecule has 1 aromatic heterocycles. The molecule has 14 heavy (non-hydrogen) atoms. The summed E-state index contributed by atoms with van der Waals surface area (Å²) in [6, 6.07) is 5.15. The van der Waals surface area contributed by atoms with Gasteiger partial charge < -0.3 is 5.32 Å². The molecule has 0 aliphatic heterocycles. The van der Waals surface area contributed by atoms with E-state index in [-0.39, 0.29) is 12.4 Å². The third-order valence-electron chi connectivity index (χ3n) is 2.70. The second-order valence-corrected chi connectivity index (χ2v) is 4.88. The second kappa shape index (κ2) is 5.74. The normalized spacial score (nSPS) is 24.4. The molecule has 80 valence electrons. The molecular formula is C11H18ClNS. The van der Waals surface area contributed by atoms with E-state index in [4.69, 9.17) is 0 Å². The largest absolute Gasteiger partial charge is 0.309 e. The summed E-state index contributed by atoms with van der Waals surface area (Å²) in [4.78, 5) is 1.46. The number of halogens is 1. The lowest BCUT2D eigenvalue weighted by Gasteiger charge is -2.00. The van der Waals surface area contributed by atoms with Crippen LogP contribution in [0, 0.1) is 5.92 Å². The summed E-state index contributed by atoms with van der Waals surface area (Å²) >= 11 is 1.84. The van der Waals surface area contributed by atoms with Crippen LogP contribution in [0.3, 0.4) is 0 Å². The van der Waals surface area contributed by atoms with Gasteiger partial charge in [0.2, 0.25) is 0 Å². The minimum Gasteiger partial charge on any atom is -0.309 e. The Morgan fingerprint density at radius 3 is 3.07 bits per heavy atom. The van der Waals surface area contributed by atoms with Gasteiger partial charge in [0.1, 0.15) is 0 Å². The lowest BCUT2D eigenvalue weighted by molar-refractivity contribution is 0.602. The van der Waals surface area contributed by atoms with E-state index in [9.17, 15) is 0 Å². The minimum absolute atomic E-state index is 0. The quantitative estimate of drug-likeness (QED) is 0.819. The van der Waals surface area contributed by atoms with Gasteiger partial charge in [-0.25, -0.2) is 0 Å². The lowest BCUT2D eigenvalue weighted by Crippen LogP contribution is -2.16. The Morgan fingerprint density at radius 1 is 1.57 bits per heavy atom. The molecule has 1 N–H and O–H groups in total. The van der Waals surface area contributed by atoms with E-state index in [1.54, 1.807) is 0 Å². The van der Waals surface area contributed by atoms with Crippen molar-refractivity contribution in [2.75, 3.05) is 0 Å². The molecule has 2 rings (SSSR count). The van der Waals surface area contributed by atoms with Crippen LogP contribution in [-0.4, -0.2) is 6.04 Å². The van der Waals surface area contributed by atoms with Crippen molar-refractivity contribution in [2.45, 2.75) is 38.8 Å². The Bertz CT molecular complexity index is 248. The highest BCUT2D eigenvalue weighted by atomic mass is 35.5. The molecule has 0 spiro atoms. The third kappa shape index (κ3) is 3.26. The number of hydrogen-bond acceptors (Lipinski definition) is 2. The molecular weight excluding hydrogens is 214 g/mol. The van der Waals surface area contributed by atoms with Crippen molar-refractivity contribution in [1.82, 2.24) is 5.32 Å². The van der Waals surface area contributed by atoms with E-state index in [0.717, 1.165) is 18.5 Å². The molecule has 3 heteroatoms. The zero-order valence-electron chi connectivity index (χ0n) is 8.53. The van der Waals surface area contributed by atoms with Crippen LogP contribution in [0.4, 0.5) is 0 Å². The molecule has 0 aromatic carbocycles. The van der Waals surface area contributed by atoms with Gasteiger partial charge in [-0.1, -0.05) is 19.4 Å². The number of nitrogens with one attached hydrogen (secondary N) is 1. The van der Waals surface area contributed by atoms with Gasteiger partial charge in [-0.3, -0.25) is 0 Å². The molecule has 2 atom stereocenters. The van der Waals surface area contributed by atoms with E-state index in [2.05, 4.69) is 29.8 Å². The van der Waals surface area contributed by atoms with Gasteiger partial charge in [-0.15, -0.1) is 23.7 Å². The van der Waals surface area contributed by atoms with Crippen molar-refractivity contribution in [3.8, 4) is 0 Å². The zero-order valence-corrected chi connectivity index (χ0v) is 10.2. The summed E-state index contributed by atoms with van der Waals surface area (Å²) in [5, 5.41) is 5.75. The van der Waals surface area contributed by atoms with Gasteiger partial charge in [0.05, 0.1) is 0 Å². The van der Waals surface area contributed by atoms with Crippen molar-refractivity contribution < 1.29 is 0 Å². The maximum Gasteiger partial charge on any atom is 0.0302 e. The predicted octanol–water partition coefficient (Wildman–Crippen LogP) is 3.45. The molecule has 0 bridgehead atoms. The first-order valence-electron chi connectivity index (χ1n) is 5.16. The third-order valence-corrected chi connectivity index (χ3v) is 3.58. The SMILES string of the molecule is CCCC1CC1NCc1cccs1.Cl. The first-order chi connectivity index (χ1) is 6.40. The maximum absolute atomic E-state index is 3.60. The highest BCUT2D eigenvalue weighted by Gasteiger charge is 2.35. The summed E-state index contributed by atoms with van der Waals surface area (Å²) in [5.41, 5.74) is 0. The van der Waals surface area contributed by atoms with Gasteiger partial charge in [0.15, 0.2) is 0 Å². The highest BCUT2D eigenvalue weighted by Crippen LogP contribution is 2.34. The van der Waals surface area contributed by atoms with Gasteiger partial charge >= 0.3 is 0 Å². The van der Waals surface area contributed by atoms with Crippen LogP contribution in [0.5, 0.6) is 0 Å². The van der Waals surface area contributed by atoms with Gasteiger partial charge in [0.25, 0.3) is 0 Å². The standard InChI is InChI=1S/C11H17NS.ClH/c1-2-4-9-7-11(9)12-8-10-5-3-6-13-10;/h3,5-6,9,11-12H,2,4,7-8H2,1H3;1H. The average molecular weight is 232 g/mol. The van der Waals surface area contributed by atoms with Crippen LogP contribution in [-0.2, 0) is 6.54 Å². The first kappa shape index (κ1) is 12.0. The van der Waals surface area contributed by atoms with E-state index < -0.39 is 0 Å². The summed E-state index contributed by atoms with van der Waals surface area (Å²) < 4.78 is 0. The molecule has 1 aromatic rings. The van der Waals surface area contributed by atoms with Crippen LogP contribution in [0.25, 0.3) is 0 Å². The van der Waals surface area contributed by atoms with Gasteiger partial charge in [0, 0.05) is 17.5 Å². The molecule has 1 aliphatic rings. The van der Waals surface area contributed by atoms with Crippen molar-refractivity contribution in [1.29, 1.82) is 0 Å². The Labute approximate surface area is 96.3 Å². The molecule has 0 radical (unpaired) electrons. The zero-order chi connectivity index (χ0) is 9.10. The number of rotatable bonds is 5. The summed E-state index contributed by atoms with van der Waals surface area (Å²) in [7, 11) is 0. The van der Waals surface area contributed by atoms with E-state index in [1.165, 1.54) is 24.1 Å². The van der Waals surface area contributed by atoms with Crippen molar-refractivity contribution in [2.24, 2.45) is 5.92 Å². The second-order valence-electron chi connectivity index (χ2n) is 3.85. The summed E-state index contributed by atoms with van der Waals surface area (Å²) in [6.45, 7) is 3.34. The van der Waals surface area contributed by atoms with Crippen molar-refractivity contribution in [3.05, 3.63) is 22.4 Å². The maximum atomic E-state index is 3.60. The van der Waals surface area contributed by atoms with E-state index in [0.29, 0.717) is 0 Å². The fourth-order valence-corrected chi connectivity index (χ4v) is 2.49. The molecule has 0 saturated heterocycles. The lowest BCUT2D eigenvalue weighted by atomic mass is 10.2. The average Bonchev–Trinajstić information content (AvgIpc) is 2.66. The Morgan fingerprint density at radius 2 is 2.43 bits per heavy atom. The van der Waals surface area contributed by atoms with Crippen LogP contribution in [0.2, 0.25) is 0 Å². The van der Waals surface area contributed by atoms with Gasteiger partial charge in [-0.05, 0) is 30.2 Å². The first-order valence-corrected chi connectivity index (χ1v) is 6.04. The van der Waals surface area contributed by atoms with Gasteiger partial charge in [-0.2, -0.15) is 0 Å². The molecule has 1 saturated carbocycles. The molecule has 2 unspecified atom stereocenters. The Balaban J connectivity index is 0.000000980. The molecule has 1 aliphatic carbocycles. The molecule has 1 fully saturated rings. The van der Waals surface area contributed by atoms with E-state index in [1.807, 2.05) is 11.3 Å². The predicted molar refractivity (Wildman–Crippen MR) is 65.2 cm³/mol. The molecule has 1 nitrogen and oxygen atoms in total. The summed E-state index contributed by atoms with van der Waals surface area (Å²) in [6.07, 6.45) is 4.14. The fraction of sp³-hybridized carbons (Fsp3) is 0.636. The highest BCUT2D eigenvalue weighted by molar-refractivity contribution is 7.09. The molecule has 1 heterocycles. The smallest absolute Gasteiger partial charge is 0.0302 e. The minimum atomic E-state index is 0. The van der Waals surface area contributed by atoms with Crippen molar-refractivity contribution >= 4 is 23.7 Å². The Hall–Kier alpha value is -0.0500. The van der Waals surface area contributed by atoms with Crippen LogP contribution in [0.15, 0.2) is 17.5 Å². The van der Waals surface area contributed by atoms with Crippen LogP contribution >= 0.6 is 23.7 Å². The fourth-order valence-electron chi connectivity index (χ4n) is 1.83. The van der Waals surface area contributed by atoms with E-state index >= 15 is 0 Å². The summed E-state index contributed by atoms with van der Waals surface area (Å²) in [5.74, 6) is 0.977. The topological polar surface area (TPSA) is 12.0 Å². The molecule has 0 amide bonds. The van der Waals surface area contributed by atoms with Crippen LogP contribution in [0.1, 0.15) is 31.1 Å².